The van der Waals surface area contributed by atoms with Crippen molar-refractivity contribution >= 4 is 23.1 Å². The minimum atomic E-state index is -0.540. The Morgan fingerprint density at radius 3 is 2.93 bits per heavy atom. The molecule has 5 nitrogen and oxygen atoms in total. The van der Waals surface area contributed by atoms with Crippen LogP contribution in [-0.2, 0) is 0 Å². The van der Waals surface area contributed by atoms with Crippen molar-refractivity contribution in [1.29, 1.82) is 0 Å². The van der Waals surface area contributed by atoms with Gasteiger partial charge in [0.1, 0.15) is 6.20 Å². The van der Waals surface area contributed by atoms with E-state index in [2.05, 4.69) is 4.98 Å². The van der Waals surface area contributed by atoms with Crippen molar-refractivity contribution in [2.24, 2.45) is 0 Å². The molecule has 0 fully saturated rings. The van der Waals surface area contributed by atoms with Crippen LogP contribution in [0, 0.1) is 17.0 Å². The Balaban J connectivity index is 2.86. The number of aryl methyl sites for hydroxylation is 1. The van der Waals surface area contributed by atoms with Crippen LogP contribution >= 0.6 is 11.6 Å². The summed E-state index contributed by atoms with van der Waals surface area (Å²) in [5, 5.41) is 10.6. The molecule has 0 amide bonds. The highest BCUT2D eigenvalue weighted by molar-refractivity contribution is 6.31. The van der Waals surface area contributed by atoms with E-state index in [9.17, 15) is 10.1 Å². The topological polar surface area (TPSA) is 60.4 Å². The van der Waals surface area contributed by atoms with Gasteiger partial charge in [0.2, 0.25) is 10.8 Å². The summed E-state index contributed by atoms with van der Waals surface area (Å²) in [6.07, 6.45) is 1.63. The molecule has 72 valence electrons. The second-order valence-corrected chi connectivity index (χ2v) is 3.28. The van der Waals surface area contributed by atoms with Gasteiger partial charge < -0.3 is 10.1 Å². The first-order chi connectivity index (χ1) is 6.59. The molecule has 2 aromatic heterocycles. The van der Waals surface area contributed by atoms with Gasteiger partial charge in [-0.15, -0.1) is 0 Å². The summed E-state index contributed by atoms with van der Waals surface area (Å²) in [6.45, 7) is 1.84. The van der Waals surface area contributed by atoms with Crippen LogP contribution in [0.2, 0.25) is 5.15 Å². The maximum atomic E-state index is 10.7. The first-order valence-corrected chi connectivity index (χ1v) is 4.26. The molecule has 0 spiro atoms. The summed E-state index contributed by atoms with van der Waals surface area (Å²) in [6, 6.07) is 3.51. The molecule has 0 saturated carbocycles. The lowest BCUT2D eigenvalue weighted by Crippen LogP contribution is -1.94. The largest absolute Gasteiger partial charge is 0.367 e. The molecular formula is C8H6ClN3O2. The summed E-state index contributed by atoms with van der Waals surface area (Å²) >= 11 is 5.64. The van der Waals surface area contributed by atoms with E-state index in [4.69, 9.17) is 11.6 Å². The lowest BCUT2D eigenvalue weighted by atomic mass is 10.3. The Hall–Kier alpha value is -1.62. The number of fused-ring (bicyclic) bond motifs is 1. The highest BCUT2D eigenvalue weighted by Crippen LogP contribution is 2.25. The maximum Gasteiger partial charge on any atom is 0.367 e. The van der Waals surface area contributed by atoms with E-state index in [1.165, 1.54) is 4.40 Å². The average molecular weight is 212 g/mol. The summed E-state index contributed by atoms with van der Waals surface area (Å²) < 4.78 is 1.37. The lowest BCUT2D eigenvalue weighted by molar-refractivity contribution is -0.390. The quantitative estimate of drug-likeness (QED) is 0.537. The van der Waals surface area contributed by atoms with Crippen molar-refractivity contribution in [2.45, 2.75) is 6.92 Å². The number of nitro groups is 1. The molecule has 0 atom stereocenters. The van der Waals surface area contributed by atoms with Gasteiger partial charge in [-0.2, -0.15) is 9.38 Å². The zero-order valence-corrected chi connectivity index (χ0v) is 8.02. The minimum absolute atomic E-state index is 0.0828. The number of hydrogen-bond acceptors (Lipinski definition) is 3. The molecule has 0 aromatic carbocycles. The van der Waals surface area contributed by atoms with Crippen molar-refractivity contribution in [3.8, 4) is 0 Å². The number of aromatic nitrogens is 2. The zero-order chi connectivity index (χ0) is 10.3. The van der Waals surface area contributed by atoms with Gasteiger partial charge in [0.25, 0.3) is 0 Å². The van der Waals surface area contributed by atoms with Crippen molar-refractivity contribution in [3.05, 3.63) is 39.2 Å². The summed E-state index contributed by atoms with van der Waals surface area (Å²) in [5.41, 5.74) is 1.39. The van der Waals surface area contributed by atoms with Gasteiger partial charge in [0.15, 0.2) is 0 Å². The fourth-order valence-electron chi connectivity index (χ4n) is 1.27. The number of rotatable bonds is 1. The molecule has 2 aromatic rings. The Morgan fingerprint density at radius 2 is 2.29 bits per heavy atom. The third-order valence-corrected chi connectivity index (χ3v) is 2.13. The van der Waals surface area contributed by atoms with Crippen LogP contribution in [0.1, 0.15) is 5.56 Å². The molecule has 14 heavy (non-hydrogen) atoms. The molecule has 0 aliphatic heterocycles. The van der Waals surface area contributed by atoms with E-state index in [-0.39, 0.29) is 11.0 Å². The van der Waals surface area contributed by atoms with Crippen LogP contribution in [0.15, 0.2) is 18.3 Å². The second-order valence-electron chi connectivity index (χ2n) is 2.92. The zero-order valence-electron chi connectivity index (χ0n) is 7.27. The van der Waals surface area contributed by atoms with Crippen molar-refractivity contribution in [1.82, 2.24) is 9.38 Å². The fraction of sp³-hybridized carbons (Fsp3) is 0.125. The first-order valence-electron chi connectivity index (χ1n) is 3.88. The Morgan fingerprint density at radius 1 is 1.57 bits per heavy atom. The van der Waals surface area contributed by atoms with Crippen LogP contribution in [0.25, 0.3) is 5.65 Å². The van der Waals surface area contributed by atoms with Gasteiger partial charge in [-0.1, -0.05) is 11.6 Å². The number of hydrogen-bond donors (Lipinski definition) is 0. The molecule has 2 heterocycles. The van der Waals surface area contributed by atoms with Crippen molar-refractivity contribution < 1.29 is 4.92 Å². The van der Waals surface area contributed by atoms with Crippen molar-refractivity contribution in [3.63, 3.8) is 0 Å². The molecule has 0 saturated heterocycles. The van der Waals surface area contributed by atoms with E-state index >= 15 is 0 Å². The molecule has 0 radical (unpaired) electrons. The van der Waals surface area contributed by atoms with Crippen molar-refractivity contribution in [2.75, 3.05) is 0 Å². The van der Waals surface area contributed by atoms with E-state index in [0.29, 0.717) is 5.65 Å². The lowest BCUT2D eigenvalue weighted by Gasteiger charge is -1.94. The van der Waals surface area contributed by atoms with E-state index in [0.717, 1.165) is 5.56 Å². The highest BCUT2D eigenvalue weighted by atomic mass is 35.5. The van der Waals surface area contributed by atoms with Gasteiger partial charge in [-0.25, -0.2) is 0 Å². The van der Waals surface area contributed by atoms with E-state index in [1.54, 1.807) is 12.3 Å². The molecular weight excluding hydrogens is 206 g/mol. The molecule has 0 aliphatic carbocycles. The second kappa shape index (κ2) is 2.95. The fourth-order valence-corrected chi connectivity index (χ4v) is 1.52. The summed E-state index contributed by atoms with van der Waals surface area (Å²) in [7, 11) is 0. The Labute approximate surface area is 84.1 Å². The van der Waals surface area contributed by atoms with Crippen LogP contribution in [0.3, 0.4) is 0 Å². The Bertz CT molecular complexity index is 521. The number of nitrogens with zero attached hydrogens (tertiary/aromatic N) is 3. The Kier molecular flexibility index (Phi) is 1.89. The normalized spacial score (nSPS) is 10.7. The molecule has 0 unspecified atom stereocenters. The molecule has 0 N–H and O–H groups in total. The number of pyridine rings is 1. The molecule has 6 heteroatoms. The van der Waals surface area contributed by atoms with Gasteiger partial charge in [0.05, 0.1) is 0 Å². The SMILES string of the molecule is Cc1ccc2nc(Cl)c([N+](=O)[O-])n2c1. The minimum Gasteiger partial charge on any atom is -0.358 e. The maximum absolute atomic E-state index is 10.7. The van der Waals surface area contributed by atoms with Gasteiger partial charge in [-0.3, -0.25) is 0 Å². The highest BCUT2D eigenvalue weighted by Gasteiger charge is 2.20. The molecule has 0 bridgehead atoms. The first kappa shape index (κ1) is 8.96. The van der Waals surface area contributed by atoms with Crippen LogP contribution in [0.5, 0.6) is 0 Å². The molecule has 0 aliphatic rings. The summed E-state index contributed by atoms with van der Waals surface area (Å²) in [5.74, 6) is -0.189. The number of halogens is 1. The monoisotopic (exact) mass is 211 g/mol. The predicted octanol–water partition coefficient (Wildman–Crippen LogP) is 2.20. The van der Waals surface area contributed by atoms with Crippen LogP contribution < -0.4 is 0 Å². The average Bonchev–Trinajstić information content (AvgIpc) is 2.40. The summed E-state index contributed by atoms with van der Waals surface area (Å²) in [4.78, 5) is 14.0. The van der Waals surface area contributed by atoms with Gasteiger partial charge in [-0.05, 0) is 23.5 Å². The van der Waals surface area contributed by atoms with Gasteiger partial charge >= 0.3 is 5.82 Å². The third-order valence-electron chi connectivity index (χ3n) is 1.87. The van der Waals surface area contributed by atoms with E-state index < -0.39 is 4.92 Å². The van der Waals surface area contributed by atoms with Crippen LogP contribution in [0.4, 0.5) is 5.82 Å². The number of imidazole rings is 1. The predicted molar refractivity (Wildman–Crippen MR) is 51.6 cm³/mol. The van der Waals surface area contributed by atoms with Crippen LogP contribution in [-0.4, -0.2) is 14.3 Å². The third kappa shape index (κ3) is 1.22. The van der Waals surface area contributed by atoms with Gasteiger partial charge in [0, 0.05) is 6.07 Å². The molecule has 2 rings (SSSR count). The standard InChI is InChI=1S/C8H6ClN3O2/c1-5-2-3-6-10-7(9)8(12(13)14)11(6)4-5/h2-4H,1H3. The van der Waals surface area contributed by atoms with E-state index in [1.807, 2.05) is 13.0 Å². The smallest absolute Gasteiger partial charge is 0.358 e.